The minimum absolute atomic E-state index is 0.101. The Morgan fingerprint density at radius 2 is 1.83 bits per heavy atom. The van der Waals surface area contributed by atoms with Crippen LogP contribution in [0.15, 0.2) is 54.6 Å². The maximum Gasteiger partial charge on any atom is 0.268 e. The molecule has 0 bridgehead atoms. The van der Waals surface area contributed by atoms with E-state index in [0.717, 1.165) is 16.5 Å². The molecule has 2 aromatic carbocycles. The third kappa shape index (κ3) is 3.08. The first-order chi connectivity index (χ1) is 11.0. The first-order valence-electron chi connectivity index (χ1n) is 7.33. The van der Waals surface area contributed by atoms with Crippen LogP contribution in [0.1, 0.15) is 39.4 Å². The second-order valence-corrected chi connectivity index (χ2v) is 5.46. The Kier molecular flexibility index (Phi) is 3.85. The number of H-pyrrole nitrogens is 1. The van der Waals surface area contributed by atoms with Gasteiger partial charge in [0.1, 0.15) is 5.69 Å². The monoisotopic (exact) mass is 307 g/mol. The van der Waals surface area contributed by atoms with Gasteiger partial charge in [-0.05, 0) is 36.8 Å². The van der Waals surface area contributed by atoms with Crippen LogP contribution in [0.25, 0.3) is 10.9 Å². The lowest BCUT2D eigenvalue weighted by atomic mass is 10.1. The Morgan fingerprint density at radius 3 is 2.52 bits per heavy atom. The van der Waals surface area contributed by atoms with Crippen LogP contribution in [-0.4, -0.2) is 16.8 Å². The molecule has 1 unspecified atom stereocenters. The van der Waals surface area contributed by atoms with Crippen LogP contribution in [0, 0.1) is 0 Å². The molecule has 0 aliphatic rings. The highest BCUT2D eigenvalue weighted by Gasteiger charge is 2.14. The highest BCUT2D eigenvalue weighted by atomic mass is 16.2. The van der Waals surface area contributed by atoms with Gasteiger partial charge in [-0.3, -0.25) is 9.59 Å². The van der Waals surface area contributed by atoms with E-state index in [1.807, 2.05) is 37.3 Å². The molecule has 0 radical (unpaired) electrons. The Bertz CT molecular complexity index is 868. The van der Waals surface area contributed by atoms with Crippen molar-refractivity contribution in [2.45, 2.75) is 13.0 Å². The maximum absolute atomic E-state index is 12.4. The zero-order valence-electron chi connectivity index (χ0n) is 12.7. The number of aromatic nitrogens is 1. The van der Waals surface area contributed by atoms with Gasteiger partial charge in [-0.15, -0.1) is 0 Å². The smallest absolute Gasteiger partial charge is 0.268 e. The van der Waals surface area contributed by atoms with Crippen LogP contribution in [-0.2, 0) is 0 Å². The fraction of sp³-hybridized carbons (Fsp3) is 0.111. The number of carbonyl (C=O) groups excluding carboxylic acids is 2. The number of primary amides is 1. The van der Waals surface area contributed by atoms with Crippen molar-refractivity contribution < 1.29 is 9.59 Å². The minimum atomic E-state index is -0.489. The maximum atomic E-state index is 12.4. The van der Waals surface area contributed by atoms with E-state index in [0.29, 0.717) is 11.3 Å². The van der Waals surface area contributed by atoms with Crippen LogP contribution < -0.4 is 11.1 Å². The SMILES string of the molecule is CC(NC(=O)c1cc2cc(C(N)=O)ccc2[nH]1)c1ccccc1. The summed E-state index contributed by atoms with van der Waals surface area (Å²) in [5, 5.41) is 3.73. The second-order valence-electron chi connectivity index (χ2n) is 5.46. The van der Waals surface area contributed by atoms with Crippen LogP contribution >= 0.6 is 0 Å². The van der Waals surface area contributed by atoms with Gasteiger partial charge in [0.2, 0.25) is 5.91 Å². The van der Waals surface area contributed by atoms with Crippen LogP contribution in [0.2, 0.25) is 0 Å². The molecule has 0 saturated carbocycles. The van der Waals surface area contributed by atoms with Gasteiger partial charge in [-0.25, -0.2) is 0 Å². The van der Waals surface area contributed by atoms with Gasteiger partial charge < -0.3 is 16.0 Å². The molecule has 3 aromatic rings. The van der Waals surface area contributed by atoms with Gasteiger partial charge in [-0.2, -0.15) is 0 Å². The number of hydrogen-bond donors (Lipinski definition) is 3. The fourth-order valence-electron chi connectivity index (χ4n) is 2.51. The third-order valence-electron chi connectivity index (χ3n) is 3.80. The zero-order valence-corrected chi connectivity index (χ0v) is 12.7. The minimum Gasteiger partial charge on any atom is -0.366 e. The average molecular weight is 307 g/mol. The molecule has 1 aromatic heterocycles. The van der Waals surface area contributed by atoms with Crippen molar-refractivity contribution in [3.05, 3.63) is 71.4 Å². The number of rotatable bonds is 4. The zero-order chi connectivity index (χ0) is 16.4. The molecule has 0 spiro atoms. The molecule has 116 valence electrons. The predicted molar refractivity (Wildman–Crippen MR) is 89.1 cm³/mol. The molecule has 4 N–H and O–H groups in total. The molecule has 0 fully saturated rings. The first kappa shape index (κ1) is 14.8. The van der Waals surface area contributed by atoms with Crippen molar-refractivity contribution in [2.75, 3.05) is 0 Å². The molecule has 0 aliphatic carbocycles. The summed E-state index contributed by atoms with van der Waals surface area (Å²) in [4.78, 5) is 26.7. The molecular formula is C18H17N3O2. The molecule has 1 heterocycles. The molecule has 0 aliphatic heterocycles. The number of nitrogens with one attached hydrogen (secondary N) is 2. The number of fused-ring (bicyclic) bond motifs is 1. The standard InChI is InChI=1S/C18H17N3O2/c1-11(12-5-3-2-4-6-12)20-18(23)16-10-14-9-13(17(19)22)7-8-15(14)21-16/h2-11,21H,1H3,(H2,19,22)(H,20,23). The van der Waals surface area contributed by atoms with E-state index in [4.69, 9.17) is 5.73 Å². The summed E-state index contributed by atoms with van der Waals surface area (Å²) < 4.78 is 0. The number of benzene rings is 2. The van der Waals surface area contributed by atoms with E-state index < -0.39 is 5.91 Å². The Hall–Kier alpha value is -3.08. The van der Waals surface area contributed by atoms with Crippen molar-refractivity contribution in [3.8, 4) is 0 Å². The Morgan fingerprint density at radius 1 is 1.09 bits per heavy atom. The van der Waals surface area contributed by atoms with Gasteiger partial charge in [0.15, 0.2) is 0 Å². The summed E-state index contributed by atoms with van der Waals surface area (Å²) in [6.45, 7) is 1.93. The topological polar surface area (TPSA) is 88.0 Å². The number of carbonyl (C=O) groups is 2. The van der Waals surface area contributed by atoms with Crippen molar-refractivity contribution in [1.82, 2.24) is 10.3 Å². The predicted octanol–water partition coefficient (Wildman–Crippen LogP) is 2.76. The van der Waals surface area contributed by atoms with Gasteiger partial charge in [0.05, 0.1) is 6.04 Å². The van der Waals surface area contributed by atoms with E-state index in [9.17, 15) is 9.59 Å². The number of hydrogen-bond acceptors (Lipinski definition) is 2. The second kappa shape index (κ2) is 5.96. The van der Waals surface area contributed by atoms with E-state index in [-0.39, 0.29) is 11.9 Å². The summed E-state index contributed by atoms with van der Waals surface area (Å²) in [5.41, 5.74) is 7.96. The van der Waals surface area contributed by atoms with E-state index in [1.54, 1.807) is 24.3 Å². The lowest BCUT2D eigenvalue weighted by molar-refractivity contribution is 0.0934. The number of aromatic amines is 1. The molecule has 2 amide bonds. The van der Waals surface area contributed by atoms with E-state index in [2.05, 4.69) is 10.3 Å². The molecular weight excluding hydrogens is 290 g/mol. The number of nitrogens with two attached hydrogens (primary N) is 1. The third-order valence-corrected chi connectivity index (χ3v) is 3.80. The molecule has 1 atom stereocenters. The molecule has 23 heavy (non-hydrogen) atoms. The quantitative estimate of drug-likeness (QED) is 0.692. The highest BCUT2D eigenvalue weighted by Crippen LogP contribution is 2.18. The van der Waals surface area contributed by atoms with Gasteiger partial charge in [0.25, 0.3) is 5.91 Å². The van der Waals surface area contributed by atoms with Crippen molar-refractivity contribution in [1.29, 1.82) is 0 Å². The molecule has 3 rings (SSSR count). The van der Waals surface area contributed by atoms with Crippen molar-refractivity contribution in [2.24, 2.45) is 5.73 Å². The van der Waals surface area contributed by atoms with Crippen LogP contribution in [0.5, 0.6) is 0 Å². The van der Waals surface area contributed by atoms with E-state index >= 15 is 0 Å². The Balaban J connectivity index is 1.82. The van der Waals surface area contributed by atoms with Crippen molar-refractivity contribution in [3.63, 3.8) is 0 Å². The average Bonchev–Trinajstić information content (AvgIpc) is 2.98. The largest absolute Gasteiger partial charge is 0.366 e. The fourth-order valence-corrected chi connectivity index (χ4v) is 2.51. The summed E-state index contributed by atoms with van der Waals surface area (Å²) >= 11 is 0. The van der Waals surface area contributed by atoms with Crippen molar-refractivity contribution >= 4 is 22.7 Å². The lowest BCUT2D eigenvalue weighted by Crippen LogP contribution is -2.26. The highest BCUT2D eigenvalue weighted by molar-refractivity contribution is 6.01. The summed E-state index contributed by atoms with van der Waals surface area (Å²) in [6, 6.07) is 16.4. The van der Waals surface area contributed by atoms with Crippen LogP contribution in [0.4, 0.5) is 0 Å². The molecule has 5 heteroatoms. The summed E-state index contributed by atoms with van der Waals surface area (Å²) in [6.07, 6.45) is 0. The van der Waals surface area contributed by atoms with Gasteiger partial charge in [-0.1, -0.05) is 30.3 Å². The summed E-state index contributed by atoms with van der Waals surface area (Å²) in [7, 11) is 0. The summed E-state index contributed by atoms with van der Waals surface area (Å²) in [5.74, 6) is -0.685. The normalized spacial score (nSPS) is 12.0. The van der Waals surface area contributed by atoms with Gasteiger partial charge >= 0.3 is 0 Å². The van der Waals surface area contributed by atoms with Crippen LogP contribution in [0.3, 0.4) is 0 Å². The first-order valence-corrected chi connectivity index (χ1v) is 7.33. The lowest BCUT2D eigenvalue weighted by Gasteiger charge is -2.13. The Labute approximate surface area is 133 Å². The van der Waals surface area contributed by atoms with E-state index in [1.165, 1.54) is 0 Å². The van der Waals surface area contributed by atoms with Gasteiger partial charge in [0, 0.05) is 16.5 Å². The number of amides is 2. The molecule has 0 saturated heterocycles. The molecule has 5 nitrogen and oxygen atoms in total.